The molecule has 2 fully saturated rings. The first-order valence-corrected chi connectivity index (χ1v) is 10.1. The fourth-order valence-corrected chi connectivity index (χ4v) is 4.89. The van der Waals surface area contributed by atoms with E-state index < -0.39 is 0 Å². The maximum atomic E-state index is 11.1. The van der Waals surface area contributed by atoms with Crippen LogP contribution in [0.1, 0.15) is 76.9 Å². The molecule has 1 aromatic rings. The van der Waals surface area contributed by atoms with E-state index >= 15 is 0 Å². The van der Waals surface area contributed by atoms with Crippen LogP contribution in [0.2, 0.25) is 0 Å². The van der Waals surface area contributed by atoms with Crippen LogP contribution in [-0.4, -0.2) is 17.3 Å². The highest BCUT2D eigenvalue weighted by Gasteiger charge is 2.45. The maximum absolute atomic E-state index is 11.1. The van der Waals surface area contributed by atoms with E-state index in [9.17, 15) is 5.11 Å². The van der Waals surface area contributed by atoms with E-state index in [1.807, 2.05) is 0 Å². The fraction of sp³-hybridized carbons (Fsp3) is 0.727. The normalized spacial score (nSPS) is 35.0. The van der Waals surface area contributed by atoms with Crippen molar-refractivity contribution in [3.05, 3.63) is 35.9 Å². The average Bonchev–Trinajstić information content (AvgIpc) is 2.64. The predicted octanol–water partition coefficient (Wildman–Crippen LogP) is 5.51. The molecule has 2 aliphatic rings. The molecule has 1 aromatic carbocycles. The Balaban J connectivity index is 1.83. The minimum Gasteiger partial charge on any atom is -0.392 e. The van der Waals surface area contributed by atoms with Gasteiger partial charge in [0.2, 0.25) is 0 Å². The maximum Gasteiger partial charge on any atom is 0.0881 e. The molecule has 1 heterocycles. The summed E-state index contributed by atoms with van der Waals surface area (Å²) in [7, 11) is 0. The molecule has 0 aromatic heterocycles. The number of benzene rings is 1. The van der Waals surface area contributed by atoms with Gasteiger partial charge in [-0.2, -0.15) is 0 Å². The minimum atomic E-state index is -0.248. The van der Waals surface area contributed by atoms with Crippen molar-refractivity contribution in [1.82, 2.24) is 0 Å². The quantitative estimate of drug-likeness (QED) is 0.771. The highest BCUT2D eigenvalue weighted by Crippen LogP contribution is 2.46. The lowest BCUT2D eigenvalue weighted by atomic mass is 9.71. The first-order chi connectivity index (χ1) is 11.7. The lowest BCUT2D eigenvalue weighted by molar-refractivity contribution is -0.192. The van der Waals surface area contributed by atoms with E-state index in [1.54, 1.807) is 0 Å². The molecule has 0 unspecified atom stereocenters. The lowest BCUT2D eigenvalue weighted by Gasteiger charge is -2.47. The van der Waals surface area contributed by atoms with Gasteiger partial charge < -0.3 is 9.84 Å². The Hall–Kier alpha value is -0.860. The van der Waals surface area contributed by atoms with Gasteiger partial charge >= 0.3 is 0 Å². The summed E-state index contributed by atoms with van der Waals surface area (Å²) in [6.45, 7) is 4.44. The largest absolute Gasteiger partial charge is 0.392 e. The highest BCUT2D eigenvalue weighted by molar-refractivity contribution is 5.20. The van der Waals surface area contributed by atoms with Gasteiger partial charge in [0, 0.05) is 11.8 Å². The minimum absolute atomic E-state index is 0.0517. The van der Waals surface area contributed by atoms with Gasteiger partial charge in [0.25, 0.3) is 0 Å². The Kier molecular flexibility index (Phi) is 6.35. The van der Waals surface area contributed by atoms with Gasteiger partial charge in [-0.15, -0.1) is 0 Å². The van der Waals surface area contributed by atoms with Gasteiger partial charge in [0.1, 0.15) is 0 Å². The van der Waals surface area contributed by atoms with E-state index in [2.05, 4.69) is 44.2 Å². The SMILES string of the molecule is CCCC[C@@H]1[C@@H](O)[C@H](C)[C@@H](C2CCCCC2)O[C@H]1c1ccccc1. The Morgan fingerprint density at radius 2 is 1.79 bits per heavy atom. The van der Waals surface area contributed by atoms with Crippen molar-refractivity contribution >= 4 is 0 Å². The number of unbranched alkanes of at least 4 members (excludes halogenated alkanes) is 1. The summed E-state index contributed by atoms with van der Waals surface area (Å²) >= 11 is 0. The molecular formula is C22H34O2. The first-order valence-electron chi connectivity index (χ1n) is 10.1. The van der Waals surface area contributed by atoms with Crippen molar-refractivity contribution in [3.8, 4) is 0 Å². The third-order valence-corrected chi connectivity index (χ3v) is 6.32. The van der Waals surface area contributed by atoms with Gasteiger partial charge in [0.05, 0.1) is 18.3 Å². The van der Waals surface area contributed by atoms with E-state index in [4.69, 9.17) is 4.74 Å². The second-order valence-corrected chi connectivity index (χ2v) is 7.99. The lowest BCUT2D eigenvalue weighted by Crippen LogP contribution is -2.49. The third kappa shape index (κ3) is 3.86. The smallest absolute Gasteiger partial charge is 0.0881 e. The Labute approximate surface area is 147 Å². The van der Waals surface area contributed by atoms with E-state index in [1.165, 1.54) is 44.1 Å². The zero-order valence-electron chi connectivity index (χ0n) is 15.4. The number of hydrogen-bond donors (Lipinski definition) is 1. The Bertz CT molecular complexity index is 480. The van der Waals surface area contributed by atoms with E-state index in [0.29, 0.717) is 5.92 Å². The number of rotatable bonds is 5. The van der Waals surface area contributed by atoms with Crippen LogP contribution in [0.3, 0.4) is 0 Å². The molecule has 1 N–H and O–H groups in total. The molecule has 0 spiro atoms. The number of hydrogen-bond acceptors (Lipinski definition) is 2. The zero-order valence-corrected chi connectivity index (χ0v) is 15.4. The van der Waals surface area contributed by atoms with Gasteiger partial charge in [-0.1, -0.05) is 76.3 Å². The topological polar surface area (TPSA) is 29.5 Å². The molecule has 1 saturated heterocycles. The Morgan fingerprint density at radius 3 is 2.46 bits per heavy atom. The highest BCUT2D eigenvalue weighted by atomic mass is 16.5. The molecule has 1 aliphatic carbocycles. The van der Waals surface area contributed by atoms with Crippen molar-refractivity contribution in [2.24, 2.45) is 17.8 Å². The molecule has 134 valence electrons. The van der Waals surface area contributed by atoms with Crippen molar-refractivity contribution in [1.29, 1.82) is 0 Å². The summed E-state index contributed by atoms with van der Waals surface area (Å²) in [6, 6.07) is 10.6. The van der Waals surface area contributed by atoms with Crippen molar-refractivity contribution in [3.63, 3.8) is 0 Å². The van der Waals surface area contributed by atoms with Crippen LogP contribution in [0.5, 0.6) is 0 Å². The second kappa shape index (κ2) is 8.49. The molecule has 2 heteroatoms. The fourth-order valence-electron chi connectivity index (χ4n) is 4.89. The summed E-state index contributed by atoms with van der Waals surface area (Å²) in [6.07, 6.45) is 9.94. The number of aliphatic hydroxyl groups excluding tert-OH is 1. The van der Waals surface area contributed by atoms with Crippen LogP contribution in [0.4, 0.5) is 0 Å². The van der Waals surface area contributed by atoms with E-state index in [-0.39, 0.29) is 30.1 Å². The predicted molar refractivity (Wildman–Crippen MR) is 98.8 cm³/mol. The molecular weight excluding hydrogens is 296 g/mol. The molecule has 2 nitrogen and oxygen atoms in total. The van der Waals surface area contributed by atoms with Crippen LogP contribution < -0.4 is 0 Å². The second-order valence-electron chi connectivity index (χ2n) is 7.99. The standard InChI is InChI=1S/C22H34O2/c1-3-4-15-19-20(23)16(2)21(17-11-7-5-8-12-17)24-22(19)18-13-9-6-10-14-18/h6,9-10,13-14,16-17,19-23H,3-5,7-8,11-12,15H2,1-2H3/t16-,19+,20-,21-,22-/m0/s1. The summed E-state index contributed by atoms with van der Waals surface area (Å²) < 4.78 is 6.74. The molecule has 5 atom stereocenters. The molecule has 24 heavy (non-hydrogen) atoms. The molecule has 1 saturated carbocycles. The van der Waals surface area contributed by atoms with Crippen molar-refractivity contribution < 1.29 is 9.84 Å². The monoisotopic (exact) mass is 330 g/mol. The number of aliphatic hydroxyl groups is 1. The third-order valence-electron chi connectivity index (χ3n) is 6.32. The molecule has 0 radical (unpaired) electrons. The number of ether oxygens (including phenoxy) is 1. The molecule has 0 bridgehead atoms. The van der Waals surface area contributed by atoms with E-state index in [0.717, 1.165) is 12.8 Å². The van der Waals surface area contributed by atoms with Crippen LogP contribution >= 0.6 is 0 Å². The summed E-state index contributed by atoms with van der Waals surface area (Å²) in [5.41, 5.74) is 1.24. The van der Waals surface area contributed by atoms with Gasteiger partial charge in [-0.25, -0.2) is 0 Å². The zero-order chi connectivity index (χ0) is 16.9. The van der Waals surface area contributed by atoms with Crippen LogP contribution in [-0.2, 0) is 4.74 Å². The molecule has 0 amide bonds. The van der Waals surface area contributed by atoms with Crippen LogP contribution in [0, 0.1) is 17.8 Å². The van der Waals surface area contributed by atoms with Crippen molar-refractivity contribution in [2.75, 3.05) is 0 Å². The van der Waals surface area contributed by atoms with Crippen LogP contribution in [0.25, 0.3) is 0 Å². The summed E-state index contributed by atoms with van der Waals surface area (Å²) in [5.74, 6) is 1.10. The van der Waals surface area contributed by atoms with Crippen molar-refractivity contribution in [2.45, 2.75) is 83.5 Å². The summed E-state index contributed by atoms with van der Waals surface area (Å²) in [4.78, 5) is 0. The van der Waals surface area contributed by atoms with Gasteiger partial charge in [-0.05, 0) is 30.7 Å². The molecule has 1 aliphatic heterocycles. The summed E-state index contributed by atoms with van der Waals surface area (Å²) in [5, 5.41) is 11.1. The first kappa shape index (κ1) is 17.9. The van der Waals surface area contributed by atoms with Gasteiger partial charge in [-0.3, -0.25) is 0 Å². The Morgan fingerprint density at radius 1 is 1.08 bits per heavy atom. The van der Waals surface area contributed by atoms with Gasteiger partial charge in [0.15, 0.2) is 0 Å². The molecule has 3 rings (SSSR count). The van der Waals surface area contributed by atoms with Crippen LogP contribution in [0.15, 0.2) is 30.3 Å². The average molecular weight is 331 g/mol.